The van der Waals surface area contributed by atoms with Gasteiger partial charge in [0, 0.05) is 11.5 Å². The Morgan fingerprint density at radius 3 is 2.40 bits per heavy atom. The summed E-state index contributed by atoms with van der Waals surface area (Å²) >= 11 is 0. The maximum absolute atomic E-state index is 12.2. The third-order valence-electron chi connectivity index (χ3n) is 2.17. The SMILES string of the molecule is [K+].[N-]=[N+]=NCCCOc1ccc(C(=O)[B-](F)(F)F)cc1. The summed E-state index contributed by atoms with van der Waals surface area (Å²) < 4.78 is 41.8. The molecule has 0 aliphatic heterocycles. The zero-order valence-corrected chi connectivity index (χ0v) is 13.9. The second-order valence-corrected chi connectivity index (χ2v) is 3.62. The van der Waals surface area contributed by atoms with Gasteiger partial charge in [0.2, 0.25) is 0 Å². The van der Waals surface area contributed by atoms with Crippen LogP contribution in [0.5, 0.6) is 5.75 Å². The first kappa shape index (κ1) is 19.5. The number of rotatable bonds is 7. The molecule has 0 unspecified atom stereocenters. The van der Waals surface area contributed by atoms with E-state index in [1.54, 1.807) is 0 Å². The van der Waals surface area contributed by atoms with Crippen molar-refractivity contribution in [1.29, 1.82) is 0 Å². The third kappa shape index (κ3) is 6.78. The van der Waals surface area contributed by atoms with Crippen LogP contribution in [0.15, 0.2) is 29.4 Å². The second kappa shape index (κ2) is 9.43. The van der Waals surface area contributed by atoms with Gasteiger partial charge in [-0.2, -0.15) is 0 Å². The Kier molecular flexibility index (Phi) is 9.19. The molecule has 0 spiro atoms. The zero-order chi connectivity index (χ0) is 14.3. The first-order chi connectivity index (χ1) is 8.95. The summed E-state index contributed by atoms with van der Waals surface area (Å²) in [6.07, 6.45) is 0.496. The minimum atomic E-state index is -5.51. The summed E-state index contributed by atoms with van der Waals surface area (Å²) in [6, 6.07) is 4.73. The standard InChI is InChI=1S/C10H10BF3N3O2.K/c12-11(13,14)10(18)8-2-4-9(5-3-8)19-7-1-6-16-17-15;/h2-5H,1,6-7H2;/q-1;+1. The Morgan fingerprint density at radius 1 is 1.30 bits per heavy atom. The van der Waals surface area contributed by atoms with Gasteiger partial charge in [0.25, 0.3) is 0 Å². The molecule has 0 heterocycles. The normalized spacial score (nSPS) is 10.2. The Hall–Kier alpha value is -0.509. The van der Waals surface area contributed by atoms with E-state index in [1.807, 2.05) is 0 Å². The van der Waals surface area contributed by atoms with E-state index in [-0.39, 0.29) is 64.5 Å². The van der Waals surface area contributed by atoms with Crippen molar-refractivity contribution in [3.8, 4) is 5.75 Å². The molecule has 0 saturated heterocycles. The molecule has 0 radical (unpaired) electrons. The van der Waals surface area contributed by atoms with Gasteiger partial charge in [-0.25, -0.2) is 0 Å². The summed E-state index contributed by atoms with van der Waals surface area (Å²) in [4.78, 5) is 13.5. The number of hydrogen-bond acceptors (Lipinski definition) is 3. The van der Waals surface area contributed by atoms with E-state index in [0.717, 1.165) is 12.1 Å². The van der Waals surface area contributed by atoms with Gasteiger partial charge < -0.3 is 22.5 Å². The first-order valence-corrected chi connectivity index (χ1v) is 5.43. The van der Waals surface area contributed by atoms with Gasteiger partial charge >= 0.3 is 58.4 Å². The van der Waals surface area contributed by atoms with Gasteiger partial charge in [-0.15, -0.1) is 0 Å². The van der Waals surface area contributed by atoms with Crippen molar-refractivity contribution in [2.45, 2.75) is 6.42 Å². The molecular formula is C10H10BF3KN3O2. The predicted octanol–water partition coefficient (Wildman–Crippen LogP) is 0.339. The van der Waals surface area contributed by atoms with Crippen LogP contribution < -0.4 is 56.1 Å². The maximum Gasteiger partial charge on any atom is 1.00 e. The number of hydrogen-bond donors (Lipinski definition) is 0. The number of nitrogens with zero attached hydrogens (tertiary/aromatic N) is 3. The van der Waals surface area contributed by atoms with Gasteiger partial charge in [-0.1, -0.05) is 17.2 Å². The molecule has 0 amide bonds. The first-order valence-electron chi connectivity index (χ1n) is 5.43. The molecule has 5 nitrogen and oxygen atoms in total. The van der Waals surface area contributed by atoms with Crippen LogP contribution in [0.1, 0.15) is 16.8 Å². The van der Waals surface area contributed by atoms with Gasteiger partial charge in [-0.05, 0) is 29.6 Å². The molecule has 0 N–H and O–H groups in total. The van der Waals surface area contributed by atoms with Crippen molar-refractivity contribution >= 4 is 12.7 Å². The van der Waals surface area contributed by atoms with E-state index in [9.17, 15) is 17.7 Å². The van der Waals surface area contributed by atoms with Crippen molar-refractivity contribution in [3.63, 3.8) is 0 Å². The molecule has 102 valence electrons. The summed E-state index contributed by atoms with van der Waals surface area (Å²) in [7, 11) is 0. The number of halogens is 3. The van der Waals surface area contributed by atoms with E-state index in [1.165, 1.54) is 12.1 Å². The molecule has 0 aliphatic rings. The van der Waals surface area contributed by atoms with Crippen molar-refractivity contribution in [2.24, 2.45) is 5.11 Å². The summed E-state index contributed by atoms with van der Waals surface area (Å²) in [5.74, 6) is 0.354. The van der Waals surface area contributed by atoms with E-state index < -0.39 is 18.2 Å². The fraction of sp³-hybridized carbons (Fsp3) is 0.300. The van der Waals surface area contributed by atoms with Crippen LogP contribution in [0, 0.1) is 0 Å². The minimum absolute atomic E-state index is 0. The van der Waals surface area contributed by atoms with Gasteiger partial charge in [-0.3, -0.25) is 0 Å². The van der Waals surface area contributed by atoms with Crippen LogP contribution in [0.3, 0.4) is 0 Å². The van der Waals surface area contributed by atoms with Crippen molar-refractivity contribution < 1.29 is 73.9 Å². The van der Waals surface area contributed by atoms with Crippen LogP contribution in [0.2, 0.25) is 0 Å². The van der Waals surface area contributed by atoms with E-state index in [2.05, 4.69) is 10.0 Å². The fourth-order valence-corrected chi connectivity index (χ4v) is 1.27. The summed E-state index contributed by atoms with van der Waals surface area (Å²) in [6.45, 7) is -4.96. The Labute approximate surface area is 156 Å². The number of carbonyl (C=O) groups is 1. The van der Waals surface area contributed by atoms with Crippen molar-refractivity contribution in [3.05, 3.63) is 40.3 Å². The van der Waals surface area contributed by atoms with E-state index >= 15 is 0 Å². The number of ether oxygens (including phenoxy) is 1. The average molecular weight is 311 g/mol. The minimum Gasteiger partial charge on any atom is -0.494 e. The summed E-state index contributed by atoms with van der Waals surface area (Å²) in [5.41, 5.74) is 5.79. The molecule has 0 saturated carbocycles. The van der Waals surface area contributed by atoms with E-state index in [4.69, 9.17) is 10.3 Å². The van der Waals surface area contributed by atoms with Crippen LogP contribution in [0.4, 0.5) is 12.9 Å². The second-order valence-electron chi connectivity index (χ2n) is 3.62. The van der Waals surface area contributed by atoms with Gasteiger partial charge in [0.1, 0.15) is 11.4 Å². The molecule has 10 heteroatoms. The smallest absolute Gasteiger partial charge is 0.494 e. The van der Waals surface area contributed by atoms with Gasteiger partial charge in [0.05, 0.1) is 6.61 Å². The zero-order valence-electron chi connectivity index (χ0n) is 10.8. The number of azide groups is 1. The summed E-state index contributed by atoms with van der Waals surface area (Å²) in [5, 5.41) is 3.30. The number of carbonyl (C=O) groups excluding carboxylic acids is 1. The van der Waals surface area contributed by atoms with Crippen LogP contribution in [-0.2, 0) is 0 Å². The molecule has 0 atom stereocenters. The monoisotopic (exact) mass is 311 g/mol. The van der Waals surface area contributed by atoms with Crippen LogP contribution in [-0.4, -0.2) is 25.8 Å². The topological polar surface area (TPSA) is 75.1 Å². The third-order valence-corrected chi connectivity index (χ3v) is 2.17. The van der Waals surface area contributed by atoms with Crippen molar-refractivity contribution in [1.82, 2.24) is 0 Å². The molecule has 1 rings (SSSR count). The van der Waals surface area contributed by atoms with Crippen LogP contribution >= 0.6 is 0 Å². The maximum atomic E-state index is 12.2. The molecule has 20 heavy (non-hydrogen) atoms. The number of benzene rings is 1. The largest absolute Gasteiger partial charge is 1.00 e. The van der Waals surface area contributed by atoms with E-state index in [0.29, 0.717) is 12.2 Å². The molecular weight excluding hydrogens is 301 g/mol. The molecule has 0 aromatic heterocycles. The Balaban J connectivity index is 0.00000361. The quantitative estimate of drug-likeness (QED) is 0.239. The molecule has 0 aliphatic carbocycles. The molecule has 0 bridgehead atoms. The average Bonchev–Trinajstić information content (AvgIpc) is 2.37. The predicted molar refractivity (Wildman–Crippen MR) is 64.0 cm³/mol. The molecule has 1 aromatic carbocycles. The van der Waals surface area contributed by atoms with Crippen molar-refractivity contribution in [2.75, 3.05) is 13.2 Å². The Morgan fingerprint density at radius 2 is 1.90 bits per heavy atom. The van der Waals surface area contributed by atoms with Gasteiger partial charge in [0.15, 0.2) is 0 Å². The molecule has 1 aromatic rings. The fourth-order valence-electron chi connectivity index (χ4n) is 1.27. The Bertz CT molecular complexity index is 490. The van der Waals surface area contributed by atoms with Crippen LogP contribution in [0.25, 0.3) is 10.4 Å². The molecule has 0 fully saturated rings.